The molecular formula is C27H23N3O4. The van der Waals surface area contributed by atoms with Crippen molar-refractivity contribution in [1.29, 1.82) is 5.26 Å². The summed E-state index contributed by atoms with van der Waals surface area (Å²) in [7, 11) is 1.59. The molecule has 0 aliphatic carbocycles. The van der Waals surface area contributed by atoms with Crippen molar-refractivity contribution >= 4 is 16.7 Å². The minimum Gasteiger partial charge on any atom is -0.496 e. The number of methoxy groups -OCH3 is 1. The van der Waals surface area contributed by atoms with Crippen LogP contribution in [0.15, 0.2) is 87.4 Å². The molecule has 3 aromatic carbocycles. The maximum absolute atomic E-state index is 13.1. The number of nitrogen functional groups attached to an aromatic ring is 1. The van der Waals surface area contributed by atoms with E-state index in [9.17, 15) is 10.1 Å². The van der Waals surface area contributed by atoms with Crippen molar-refractivity contribution in [3.05, 3.63) is 99.7 Å². The van der Waals surface area contributed by atoms with Gasteiger partial charge in [-0.25, -0.2) is 4.79 Å². The highest BCUT2D eigenvalue weighted by Gasteiger charge is 2.36. The van der Waals surface area contributed by atoms with Gasteiger partial charge >= 0.3 is 5.63 Å². The first-order valence-electron chi connectivity index (χ1n) is 10.2. The highest BCUT2D eigenvalue weighted by Crippen LogP contribution is 2.45. The number of ether oxygens (including phenoxy) is 2. The van der Waals surface area contributed by atoms with Crippen LogP contribution in [0, 0.1) is 11.3 Å². The maximum Gasteiger partial charge on any atom is 0.344 e. The zero-order valence-corrected chi connectivity index (χ0v) is 17.7. The minimum atomic E-state index is -0.783. The van der Waals surface area contributed by atoms with Gasteiger partial charge in [-0.2, -0.15) is 5.26 Å². The minimum absolute atomic E-state index is 0. The number of benzene rings is 3. The number of nitrogens with two attached hydrogens (primary N) is 2. The fourth-order valence-electron chi connectivity index (χ4n) is 4.22. The molecule has 0 spiro atoms. The van der Waals surface area contributed by atoms with Crippen LogP contribution in [-0.4, -0.2) is 7.11 Å². The molecular weight excluding hydrogens is 430 g/mol. The summed E-state index contributed by atoms with van der Waals surface area (Å²) >= 11 is 0. The fourth-order valence-corrected chi connectivity index (χ4v) is 4.22. The standard InChI is InChI=1S/C26H19N3O4.CH4/c1-31-20-9-7-15(11-17(20)14-5-3-2-4-6-14)22-19(13-27)25(29)33-24-18-12-16(28)8-10-21(18)32-26(30)23(22)24;/h2-12,22H,28-29H2,1H3;1H4. The van der Waals surface area contributed by atoms with E-state index in [1.54, 1.807) is 37.4 Å². The SMILES string of the molecule is C.COc1ccc(C2C(C#N)=C(N)Oc3c2c(=O)oc2ccc(N)cc32)cc1-c1ccccc1. The summed E-state index contributed by atoms with van der Waals surface area (Å²) in [6.07, 6.45) is 0. The maximum atomic E-state index is 13.1. The molecule has 1 aliphatic heterocycles. The van der Waals surface area contributed by atoms with E-state index in [2.05, 4.69) is 6.07 Å². The number of rotatable bonds is 3. The number of anilines is 1. The zero-order chi connectivity index (χ0) is 23.1. The molecule has 4 aromatic rings. The zero-order valence-electron chi connectivity index (χ0n) is 17.7. The molecule has 4 N–H and O–H groups in total. The van der Waals surface area contributed by atoms with Crippen LogP contribution in [0.1, 0.15) is 24.5 Å². The van der Waals surface area contributed by atoms with Gasteiger partial charge in [0.2, 0.25) is 5.88 Å². The summed E-state index contributed by atoms with van der Waals surface area (Å²) in [6, 6.07) is 22.2. The first-order chi connectivity index (χ1) is 16.0. The molecule has 7 nitrogen and oxygen atoms in total. The predicted molar refractivity (Wildman–Crippen MR) is 131 cm³/mol. The predicted octanol–water partition coefficient (Wildman–Crippen LogP) is 4.91. The van der Waals surface area contributed by atoms with E-state index < -0.39 is 11.5 Å². The summed E-state index contributed by atoms with van der Waals surface area (Å²) in [5.41, 5.74) is 15.1. The third kappa shape index (κ3) is 3.51. The van der Waals surface area contributed by atoms with E-state index in [1.807, 2.05) is 36.4 Å². The Hall–Kier alpha value is -4.70. The lowest BCUT2D eigenvalue weighted by Crippen LogP contribution is -2.26. The number of hydrogen-bond donors (Lipinski definition) is 2. The molecule has 0 radical (unpaired) electrons. The van der Waals surface area contributed by atoms with Crippen LogP contribution in [0.2, 0.25) is 0 Å². The third-order valence-electron chi connectivity index (χ3n) is 5.73. The second-order valence-electron chi connectivity index (χ2n) is 7.64. The Balaban J connectivity index is 0.00000274. The van der Waals surface area contributed by atoms with E-state index in [4.69, 9.17) is 25.4 Å². The van der Waals surface area contributed by atoms with Gasteiger partial charge in [0.05, 0.1) is 24.0 Å². The Morgan fingerprint density at radius 2 is 1.79 bits per heavy atom. The smallest absolute Gasteiger partial charge is 0.344 e. The van der Waals surface area contributed by atoms with Gasteiger partial charge in [0.15, 0.2) is 5.75 Å². The number of hydrogen-bond acceptors (Lipinski definition) is 7. The van der Waals surface area contributed by atoms with E-state index in [0.29, 0.717) is 28.0 Å². The summed E-state index contributed by atoms with van der Waals surface area (Å²) in [5.74, 6) is 0.0498. The molecule has 0 amide bonds. The summed E-state index contributed by atoms with van der Waals surface area (Å²) < 4.78 is 16.9. The van der Waals surface area contributed by atoms with Crippen LogP contribution in [0.3, 0.4) is 0 Å². The van der Waals surface area contributed by atoms with Crippen LogP contribution >= 0.6 is 0 Å². The lowest BCUT2D eigenvalue weighted by molar-refractivity contribution is 0.388. The normalized spacial score (nSPS) is 14.5. The average molecular weight is 453 g/mol. The summed E-state index contributed by atoms with van der Waals surface area (Å²) in [4.78, 5) is 13.1. The molecule has 34 heavy (non-hydrogen) atoms. The number of fused-ring (bicyclic) bond motifs is 3. The highest BCUT2D eigenvalue weighted by molar-refractivity contribution is 5.88. The Morgan fingerprint density at radius 1 is 1.03 bits per heavy atom. The van der Waals surface area contributed by atoms with Crippen LogP contribution in [0.5, 0.6) is 11.5 Å². The molecule has 2 heterocycles. The molecule has 0 fully saturated rings. The van der Waals surface area contributed by atoms with E-state index in [1.165, 1.54) is 0 Å². The third-order valence-corrected chi connectivity index (χ3v) is 5.73. The fraction of sp³-hybridized carbons (Fsp3) is 0.111. The van der Waals surface area contributed by atoms with Gasteiger partial charge in [-0.15, -0.1) is 0 Å². The molecule has 170 valence electrons. The summed E-state index contributed by atoms with van der Waals surface area (Å²) in [6.45, 7) is 0. The Kier molecular flexibility index (Phi) is 5.74. The first-order valence-corrected chi connectivity index (χ1v) is 10.2. The molecule has 1 aromatic heterocycles. The second kappa shape index (κ2) is 8.68. The van der Waals surface area contributed by atoms with Crippen molar-refractivity contribution in [3.8, 4) is 28.7 Å². The Bertz CT molecular complexity index is 1530. The largest absolute Gasteiger partial charge is 0.496 e. The van der Waals surface area contributed by atoms with Gasteiger partial charge < -0.3 is 25.4 Å². The van der Waals surface area contributed by atoms with Gasteiger partial charge in [-0.3, -0.25) is 0 Å². The van der Waals surface area contributed by atoms with Crippen LogP contribution < -0.4 is 26.6 Å². The van der Waals surface area contributed by atoms with Crippen molar-refractivity contribution < 1.29 is 13.9 Å². The molecule has 7 heteroatoms. The van der Waals surface area contributed by atoms with Gasteiger partial charge in [0.1, 0.15) is 23.0 Å². The van der Waals surface area contributed by atoms with Crippen molar-refractivity contribution in [3.63, 3.8) is 0 Å². The highest BCUT2D eigenvalue weighted by atomic mass is 16.5. The molecule has 0 saturated carbocycles. The topological polar surface area (TPSA) is 124 Å². The van der Waals surface area contributed by atoms with E-state index in [0.717, 1.165) is 11.1 Å². The van der Waals surface area contributed by atoms with Gasteiger partial charge in [0.25, 0.3) is 0 Å². The lowest BCUT2D eigenvalue weighted by atomic mass is 9.82. The van der Waals surface area contributed by atoms with Crippen LogP contribution in [0.25, 0.3) is 22.1 Å². The molecule has 0 bridgehead atoms. The Labute approximate surface area is 196 Å². The van der Waals surface area contributed by atoms with Crippen LogP contribution in [-0.2, 0) is 0 Å². The van der Waals surface area contributed by atoms with Crippen LogP contribution in [0.4, 0.5) is 5.69 Å². The van der Waals surface area contributed by atoms with Crippen molar-refractivity contribution in [1.82, 2.24) is 0 Å². The lowest BCUT2D eigenvalue weighted by Gasteiger charge is -2.26. The number of allylic oxidation sites excluding steroid dienone is 1. The number of nitrogens with zero attached hydrogens (tertiary/aromatic N) is 1. The molecule has 5 rings (SSSR count). The van der Waals surface area contributed by atoms with Crippen molar-refractivity contribution in [2.24, 2.45) is 5.73 Å². The molecule has 1 aliphatic rings. The van der Waals surface area contributed by atoms with E-state index in [-0.39, 0.29) is 30.2 Å². The van der Waals surface area contributed by atoms with Gasteiger partial charge in [-0.05, 0) is 41.5 Å². The number of nitriles is 1. The summed E-state index contributed by atoms with van der Waals surface area (Å²) in [5, 5.41) is 10.4. The monoisotopic (exact) mass is 453 g/mol. The average Bonchev–Trinajstić information content (AvgIpc) is 2.84. The Morgan fingerprint density at radius 3 is 2.50 bits per heavy atom. The van der Waals surface area contributed by atoms with Crippen molar-refractivity contribution in [2.45, 2.75) is 13.3 Å². The first kappa shape index (κ1) is 22.5. The second-order valence-corrected chi connectivity index (χ2v) is 7.64. The van der Waals surface area contributed by atoms with E-state index >= 15 is 0 Å². The van der Waals surface area contributed by atoms with Crippen molar-refractivity contribution in [2.75, 3.05) is 12.8 Å². The molecule has 0 saturated heterocycles. The van der Waals surface area contributed by atoms with Gasteiger partial charge in [0, 0.05) is 11.3 Å². The van der Waals surface area contributed by atoms with Gasteiger partial charge in [-0.1, -0.05) is 43.8 Å². The molecule has 1 atom stereocenters. The quantitative estimate of drug-likeness (QED) is 0.334. The molecule has 1 unspecified atom stereocenters.